The highest BCUT2D eigenvalue weighted by Crippen LogP contribution is 2.28. The second-order valence-electron chi connectivity index (χ2n) is 6.78. The van der Waals surface area contributed by atoms with E-state index < -0.39 is 23.7 Å². The summed E-state index contributed by atoms with van der Waals surface area (Å²) in [5, 5.41) is 15.7. The second kappa shape index (κ2) is 8.26. The van der Waals surface area contributed by atoms with E-state index in [1.165, 1.54) is 12.1 Å². The van der Waals surface area contributed by atoms with Crippen molar-refractivity contribution in [2.75, 3.05) is 0 Å². The van der Waals surface area contributed by atoms with Gasteiger partial charge < -0.3 is 20.7 Å². The van der Waals surface area contributed by atoms with Crippen LogP contribution >= 0.6 is 0 Å². The molecule has 2 aromatic heterocycles. The van der Waals surface area contributed by atoms with E-state index in [0.29, 0.717) is 24.2 Å². The van der Waals surface area contributed by atoms with Gasteiger partial charge in [0.1, 0.15) is 11.5 Å². The van der Waals surface area contributed by atoms with Crippen LogP contribution in [-0.4, -0.2) is 38.1 Å². The van der Waals surface area contributed by atoms with Crippen LogP contribution in [0.4, 0.5) is 4.39 Å². The van der Waals surface area contributed by atoms with Gasteiger partial charge in [0, 0.05) is 5.70 Å². The van der Waals surface area contributed by atoms with Crippen molar-refractivity contribution in [2.45, 2.75) is 38.6 Å². The zero-order valence-corrected chi connectivity index (χ0v) is 15.2. The van der Waals surface area contributed by atoms with Gasteiger partial charge >= 0.3 is 5.97 Å². The summed E-state index contributed by atoms with van der Waals surface area (Å²) in [5.74, 6) is -1.51. The van der Waals surface area contributed by atoms with Gasteiger partial charge in [-0.3, -0.25) is 4.79 Å². The molecule has 3 rings (SSSR count). The predicted molar refractivity (Wildman–Crippen MR) is 95.0 cm³/mol. The van der Waals surface area contributed by atoms with Crippen molar-refractivity contribution in [3.05, 3.63) is 41.3 Å². The van der Waals surface area contributed by atoms with E-state index in [4.69, 9.17) is 10.3 Å². The van der Waals surface area contributed by atoms with Gasteiger partial charge in [-0.15, -0.1) is 0 Å². The maximum Gasteiger partial charge on any atom is 0.333 e. The Hall–Kier alpha value is -3.14. The number of carboxylic acid groups (broad SMARTS) is 1. The zero-order chi connectivity index (χ0) is 20.3. The SMILES string of the molecule is CC1CCC(C(=O)O)=C(NC(=O)C(N)Cc2nc(-c3ccc(F)cn3)no2)C1. The summed E-state index contributed by atoms with van der Waals surface area (Å²) in [5.41, 5.74) is 6.84. The summed E-state index contributed by atoms with van der Waals surface area (Å²) >= 11 is 0. The number of hydrogen-bond acceptors (Lipinski definition) is 7. The molecule has 0 spiro atoms. The lowest BCUT2D eigenvalue weighted by molar-refractivity contribution is -0.133. The first kappa shape index (κ1) is 19.6. The molecule has 1 amide bonds. The number of nitrogens with two attached hydrogens (primary N) is 1. The molecule has 2 heterocycles. The largest absolute Gasteiger partial charge is 0.478 e. The van der Waals surface area contributed by atoms with E-state index in [0.717, 1.165) is 12.6 Å². The van der Waals surface area contributed by atoms with Crippen molar-refractivity contribution in [1.29, 1.82) is 0 Å². The van der Waals surface area contributed by atoms with Gasteiger partial charge in [-0.25, -0.2) is 14.2 Å². The van der Waals surface area contributed by atoms with Crippen LogP contribution in [0.25, 0.3) is 11.5 Å². The second-order valence-corrected chi connectivity index (χ2v) is 6.78. The van der Waals surface area contributed by atoms with Crippen LogP contribution < -0.4 is 11.1 Å². The molecule has 9 nitrogen and oxygen atoms in total. The maximum absolute atomic E-state index is 12.9. The predicted octanol–water partition coefficient (Wildman–Crippen LogP) is 1.42. The number of halogens is 1. The summed E-state index contributed by atoms with van der Waals surface area (Å²) in [6.45, 7) is 1.99. The molecular weight excluding hydrogens is 369 g/mol. The van der Waals surface area contributed by atoms with Crippen LogP contribution in [0.5, 0.6) is 0 Å². The Morgan fingerprint density at radius 1 is 1.46 bits per heavy atom. The van der Waals surface area contributed by atoms with Gasteiger partial charge in [-0.2, -0.15) is 4.98 Å². The Morgan fingerprint density at radius 3 is 2.93 bits per heavy atom. The minimum atomic E-state index is -1.04. The molecule has 0 fully saturated rings. The molecule has 148 valence electrons. The van der Waals surface area contributed by atoms with Gasteiger partial charge in [0.05, 0.1) is 24.2 Å². The summed E-state index contributed by atoms with van der Waals surface area (Å²) in [4.78, 5) is 31.7. The average Bonchev–Trinajstić information content (AvgIpc) is 3.10. The molecule has 1 aliphatic carbocycles. The molecule has 28 heavy (non-hydrogen) atoms. The summed E-state index contributed by atoms with van der Waals surface area (Å²) in [6.07, 6.45) is 2.63. The first-order valence-corrected chi connectivity index (χ1v) is 8.79. The van der Waals surface area contributed by atoms with Gasteiger partial charge in [0.2, 0.25) is 17.6 Å². The van der Waals surface area contributed by atoms with E-state index in [9.17, 15) is 19.1 Å². The number of pyridine rings is 1. The summed E-state index contributed by atoms with van der Waals surface area (Å²) < 4.78 is 18.0. The van der Waals surface area contributed by atoms with Crippen LogP contribution in [-0.2, 0) is 16.0 Å². The number of hydrogen-bond donors (Lipinski definition) is 3. The number of nitrogens with one attached hydrogen (secondary N) is 1. The van der Waals surface area contributed by atoms with Gasteiger partial charge in [0.15, 0.2) is 0 Å². The number of allylic oxidation sites excluding steroid dienone is 1. The van der Waals surface area contributed by atoms with Gasteiger partial charge in [-0.1, -0.05) is 12.1 Å². The Balaban J connectivity index is 1.66. The topological polar surface area (TPSA) is 144 Å². The third-order valence-electron chi connectivity index (χ3n) is 4.49. The molecule has 0 saturated heterocycles. The molecule has 0 aliphatic heterocycles. The number of carboxylic acids is 1. The van der Waals surface area contributed by atoms with Crippen LogP contribution in [0.1, 0.15) is 32.1 Å². The highest BCUT2D eigenvalue weighted by atomic mass is 19.1. The monoisotopic (exact) mass is 389 g/mol. The molecular formula is C18H20FN5O4. The molecule has 0 bridgehead atoms. The normalized spacial score (nSPS) is 18.0. The molecule has 2 unspecified atom stereocenters. The van der Waals surface area contributed by atoms with E-state index in [-0.39, 0.29) is 29.6 Å². The quantitative estimate of drug-likeness (QED) is 0.673. The molecule has 2 atom stereocenters. The Kier molecular flexibility index (Phi) is 5.78. The first-order chi connectivity index (χ1) is 13.3. The van der Waals surface area contributed by atoms with E-state index in [1.807, 2.05) is 6.92 Å². The van der Waals surface area contributed by atoms with Crippen LogP contribution in [0, 0.1) is 11.7 Å². The average molecular weight is 389 g/mol. The number of rotatable bonds is 6. The fourth-order valence-corrected chi connectivity index (χ4v) is 2.95. The summed E-state index contributed by atoms with van der Waals surface area (Å²) in [7, 11) is 0. The minimum absolute atomic E-state index is 0.0364. The highest BCUT2D eigenvalue weighted by molar-refractivity contribution is 5.90. The van der Waals surface area contributed by atoms with Crippen molar-refractivity contribution in [3.8, 4) is 11.5 Å². The molecule has 0 radical (unpaired) electrons. The van der Waals surface area contributed by atoms with Crippen molar-refractivity contribution >= 4 is 11.9 Å². The van der Waals surface area contributed by atoms with Crippen molar-refractivity contribution in [3.63, 3.8) is 0 Å². The van der Waals surface area contributed by atoms with Crippen molar-refractivity contribution in [1.82, 2.24) is 20.4 Å². The lowest BCUT2D eigenvalue weighted by atomic mass is 9.88. The fraction of sp³-hybridized carbons (Fsp3) is 0.389. The van der Waals surface area contributed by atoms with E-state index in [1.54, 1.807) is 0 Å². The van der Waals surface area contributed by atoms with Crippen LogP contribution in [0.2, 0.25) is 0 Å². The molecule has 4 N–H and O–H groups in total. The Bertz CT molecular complexity index is 909. The number of carbonyl (C=O) groups is 2. The van der Waals surface area contributed by atoms with Crippen LogP contribution in [0.3, 0.4) is 0 Å². The lowest BCUT2D eigenvalue weighted by Gasteiger charge is -2.24. The van der Waals surface area contributed by atoms with E-state index in [2.05, 4.69) is 20.4 Å². The number of amides is 1. The van der Waals surface area contributed by atoms with E-state index >= 15 is 0 Å². The van der Waals surface area contributed by atoms with Crippen molar-refractivity contribution in [2.24, 2.45) is 11.7 Å². The first-order valence-electron chi connectivity index (χ1n) is 8.79. The van der Waals surface area contributed by atoms with Crippen molar-refractivity contribution < 1.29 is 23.6 Å². The third kappa shape index (κ3) is 4.58. The molecule has 2 aromatic rings. The number of aromatic nitrogens is 3. The van der Waals surface area contributed by atoms with Gasteiger partial charge in [-0.05, 0) is 37.3 Å². The third-order valence-corrected chi connectivity index (χ3v) is 4.49. The zero-order valence-electron chi connectivity index (χ0n) is 15.2. The highest BCUT2D eigenvalue weighted by Gasteiger charge is 2.26. The standard InChI is InChI=1S/C18H20FN5O4/c1-9-2-4-11(18(26)27)14(6-9)22-17(25)12(20)7-15-23-16(24-28-15)13-5-3-10(19)8-21-13/h3,5,8-9,12H,2,4,6-7,20H2,1H3,(H,22,25)(H,26,27). The Morgan fingerprint density at radius 2 is 2.25 bits per heavy atom. The maximum atomic E-state index is 12.9. The number of carbonyl (C=O) groups excluding carboxylic acids is 1. The minimum Gasteiger partial charge on any atom is -0.478 e. The lowest BCUT2D eigenvalue weighted by Crippen LogP contribution is -2.43. The molecule has 10 heteroatoms. The smallest absolute Gasteiger partial charge is 0.333 e. The molecule has 0 aromatic carbocycles. The molecule has 1 aliphatic rings. The fourth-order valence-electron chi connectivity index (χ4n) is 2.95. The number of nitrogens with zero attached hydrogens (tertiary/aromatic N) is 3. The van der Waals surface area contributed by atoms with Gasteiger partial charge in [0.25, 0.3) is 0 Å². The van der Waals surface area contributed by atoms with Crippen LogP contribution in [0.15, 0.2) is 34.1 Å². The summed E-state index contributed by atoms with van der Waals surface area (Å²) in [6, 6.07) is 1.62. The Labute approximate surface area is 159 Å². The number of aliphatic carboxylic acids is 1. The molecule has 0 saturated carbocycles.